The van der Waals surface area contributed by atoms with Crippen molar-refractivity contribution >= 4 is 6.47 Å². The molecule has 4 unspecified atom stereocenters. The second kappa shape index (κ2) is 5.32. The van der Waals surface area contributed by atoms with Crippen molar-refractivity contribution in [1.29, 1.82) is 0 Å². The number of rotatable bonds is 3. The lowest BCUT2D eigenvalue weighted by atomic mass is 9.94. The van der Waals surface area contributed by atoms with Gasteiger partial charge in [-0.05, 0) is 12.3 Å². The van der Waals surface area contributed by atoms with E-state index in [-0.39, 0.29) is 12.4 Å². The van der Waals surface area contributed by atoms with E-state index in [0.717, 1.165) is 6.42 Å². The fourth-order valence-corrected chi connectivity index (χ4v) is 1.91. The van der Waals surface area contributed by atoms with Crippen molar-refractivity contribution in [3.63, 3.8) is 0 Å². The molecule has 0 N–H and O–H groups in total. The van der Waals surface area contributed by atoms with Crippen LogP contribution in [-0.4, -0.2) is 32.6 Å². The SMILES string of the molecule is COC1OCC(OC=O)C(C)CC1C. The van der Waals surface area contributed by atoms with E-state index in [0.29, 0.717) is 24.9 Å². The maximum atomic E-state index is 10.3. The Hall–Kier alpha value is -0.610. The number of carbonyl (C=O) groups is 1. The third kappa shape index (κ3) is 2.69. The third-order valence-corrected chi connectivity index (χ3v) is 2.73. The summed E-state index contributed by atoms with van der Waals surface area (Å²) in [6.45, 7) is 5.05. The Kier molecular flexibility index (Phi) is 4.35. The van der Waals surface area contributed by atoms with Crippen molar-refractivity contribution in [2.45, 2.75) is 32.7 Å². The van der Waals surface area contributed by atoms with E-state index >= 15 is 0 Å². The zero-order valence-electron chi connectivity index (χ0n) is 8.93. The van der Waals surface area contributed by atoms with E-state index in [1.54, 1.807) is 7.11 Å². The van der Waals surface area contributed by atoms with Gasteiger partial charge in [0.05, 0.1) is 6.61 Å². The number of hydrogen-bond donors (Lipinski definition) is 0. The van der Waals surface area contributed by atoms with Crippen LogP contribution in [0.5, 0.6) is 0 Å². The summed E-state index contributed by atoms with van der Waals surface area (Å²) in [7, 11) is 1.63. The van der Waals surface area contributed by atoms with E-state index in [9.17, 15) is 4.79 Å². The Morgan fingerprint density at radius 2 is 2.07 bits per heavy atom. The third-order valence-electron chi connectivity index (χ3n) is 2.73. The van der Waals surface area contributed by atoms with E-state index < -0.39 is 0 Å². The predicted molar refractivity (Wildman–Crippen MR) is 50.6 cm³/mol. The minimum absolute atomic E-state index is 0.143. The van der Waals surface area contributed by atoms with Gasteiger partial charge >= 0.3 is 0 Å². The molecular formula is C10H18O4. The first-order valence-electron chi connectivity index (χ1n) is 4.92. The molecule has 0 aromatic heterocycles. The van der Waals surface area contributed by atoms with Crippen LogP contribution >= 0.6 is 0 Å². The summed E-state index contributed by atoms with van der Waals surface area (Å²) >= 11 is 0. The first-order valence-corrected chi connectivity index (χ1v) is 4.92. The van der Waals surface area contributed by atoms with Gasteiger partial charge in [-0.1, -0.05) is 13.8 Å². The summed E-state index contributed by atoms with van der Waals surface area (Å²) < 4.78 is 15.6. The van der Waals surface area contributed by atoms with Crippen LogP contribution in [0.2, 0.25) is 0 Å². The topological polar surface area (TPSA) is 44.8 Å². The molecule has 4 atom stereocenters. The molecule has 1 fully saturated rings. The predicted octanol–water partition coefficient (Wildman–Crippen LogP) is 1.19. The van der Waals surface area contributed by atoms with Gasteiger partial charge in [0.25, 0.3) is 6.47 Å². The van der Waals surface area contributed by atoms with Crippen LogP contribution < -0.4 is 0 Å². The Bertz CT molecular complexity index is 183. The second-order valence-electron chi connectivity index (χ2n) is 3.90. The highest BCUT2D eigenvalue weighted by molar-refractivity contribution is 5.37. The summed E-state index contributed by atoms with van der Waals surface area (Å²) in [5.41, 5.74) is 0. The Balaban J connectivity index is 2.56. The summed E-state index contributed by atoms with van der Waals surface area (Å²) in [6.07, 6.45) is 0.615. The Morgan fingerprint density at radius 3 is 2.64 bits per heavy atom. The highest BCUT2D eigenvalue weighted by Gasteiger charge is 2.30. The van der Waals surface area contributed by atoms with E-state index in [4.69, 9.17) is 14.2 Å². The van der Waals surface area contributed by atoms with Gasteiger partial charge in [-0.3, -0.25) is 4.79 Å². The van der Waals surface area contributed by atoms with Crippen molar-refractivity contribution < 1.29 is 19.0 Å². The molecule has 0 saturated carbocycles. The molecule has 0 aromatic carbocycles. The monoisotopic (exact) mass is 202 g/mol. The molecule has 14 heavy (non-hydrogen) atoms. The standard InChI is InChI=1S/C10H18O4/c1-7-4-8(2)10(12-3)13-5-9(7)14-6-11/h6-10H,4-5H2,1-3H3. The van der Waals surface area contributed by atoms with Crippen LogP contribution in [0, 0.1) is 11.8 Å². The fourth-order valence-electron chi connectivity index (χ4n) is 1.91. The lowest BCUT2D eigenvalue weighted by Gasteiger charge is -2.19. The van der Waals surface area contributed by atoms with Crippen molar-refractivity contribution in [2.75, 3.05) is 13.7 Å². The van der Waals surface area contributed by atoms with Gasteiger partial charge in [0, 0.05) is 13.0 Å². The van der Waals surface area contributed by atoms with Crippen LogP contribution in [0.4, 0.5) is 0 Å². The van der Waals surface area contributed by atoms with Crippen molar-refractivity contribution in [2.24, 2.45) is 11.8 Å². The minimum Gasteiger partial charge on any atom is -0.462 e. The van der Waals surface area contributed by atoms with Crippen LogP contribution in [0.1, 0.15) is 20.3 Å². The highest BCUT2D eigenvalue weighted by Crippen LogP contribution is 2.26. The molecule has 1 aliphatic heterocycles. The molecule has 0 amide bonds. The summed E-state index contributed by atoms with van der Waals surface area (Å²) in [5, 5.41) is 0. The Morgan fingerprint density at radius 1 is 1.36 bits per heavy atom. The molecule has 1 rings (SSSR count). The van der Waals surface area contributed by atoms with Gasteiger partial charge in [0.15, 0.2) is 6.29 Å². The molecule has 0 radical (unpaired) electrons. The van der Waals surface area contributed by atoms with Gasteiger partial charge in [-0.15, -0.1) is 0 Å². The van der Waals surface area contributed by atoms with Crippen molar-refractivity contribution in [1.82, 2.24) is 0 Å². The molecule has 0 aromatic rings. The first-order chi connectivity index (χ1) is 6.69. The number of ether oxygens (including phenoxy) is 3. The van der Waals surface area contributed by atoms with Gasteiger partial charge in [-0.25, -0.2) is 0 Å². The van der Waals surface area contributed by atoms with Crippen molar-refractivity contribution in [3.05, 3.63) is 0 Å². The molecule has 1 aliphatic rings. The lowest BCUT2D eigenvalue weighted by Crippen LogP contribution is -2.25. The molecule has 82 valence electrons. The summed E-state index contributed by atoms with van der Waals surface area (Å²) in [4.78, 5) is 10.3. The summed E-state index contributed by atoms with van der Waals surface area (Å²) in [5.74, 6) is 0.644. The Labute approximate surface area is 84.5 Å². The maximum absolute atomic E-state index is 10.3. The maximum Gasteiger partial charge on any atom is 0.293 e. The van der Waals surface area contributed by atoms with Crippen LogP contribution in [0.3, 0.4) is 0 Å². The quantitative estimate of drug-likeness (QED) is 0.645. The van der Waals surface area contributed by atoms with E-state index in [1.807, 2.05) is 0 Å². The van der Waals surface area contributed by atoms with Gasteiger partial charge in [-0.2, -0.15) is 0 Å². The van der Waals surface area contributed by atoms with Crippen molar-refractivity contribution in [3.8, 4) is 0 Å². The normalized spacial score (nSPS) is 38.8. The minimum atomic E-state index is -0.183. The number of hydrogen-bond acceptors (Lipinski definition) is 4. The van der Waals surface area contributed by atoms with Crippen LogP contribution in [0.25, 0.3) is 0 Å². The smallest absolute Gasteiger partial charge is 0.293 e. The fraction of sp³-hybridized carbons (Fsp3) is 0.900. The van der Waals surface area contributed by atoms with E-state index in [1.165, 1.54) is 0 Å². The molecule has 0 bridgehead atoms. The lowest BCUT2D eigenvalue weighted by molar-refractivity contribution is -0.163. The second-order valence-corrected chi connectivity index (χ2v) is 3.90. The van der Waals surface area contributed by atoms with Gasteiger partial charge in [0.1, 0.15) is 6.10 Å². The first kappa shape index (κ1) is 11.5. The van der Waals surface area contributed by atoms with Gasteiger partial charge < -0.3 is 14.2 Å². The van der Waals surface area contributed by atoms with Gasteiger partial charge in [0.2, 0.25) is 0 Å². The molecule has 0 spiro atoms. The summed E-state index contributed by atoms with van der Waals surface area (Å²) in [6, 6.07) is 0. The molecule has 1 saturated heterocycles. The average Bonchev–Trinajstić information content (AvgIpc) is 2.28. The van der Waals surface area contributed by atoms with Crippen LogP contribution in [0.15, 0.2) is 0 Å². The number of methoxy groups -OCH3 is 1. The number of carbonyl (C=O) groups excluding carboxylic acids is 1. The average molecular weight is 202 g/mol. The molecule has 4 heteroatoms. The molecular weight excluding hydrogens is 184 g/mol. The highest BCUT2D eigenvalue weighted by atomic mass is 16.7. The molecule has 4 nitrogen and oxygen atoms in total. The zero-order chi connectivity index (χ0) is 10.6. The largest absolute Gasteiger partial charge is 0.462 e. The van der Waals surface area contributed by atoms with Crippen LogP contribution in [-0.2, 0) is 19.0 Å². The molecule has 0 aliphatic carbocycles. The van der Waals surface area contributed by atoms with E-state index in [2.05, 4.69) is 13.8 Å². The zero-order valence-corrected chi connectivity index (χ0v) is 8.93. The molecule has 1 heterocycles.